The highest BCUT2D eigenvalue weighted by Gasteiger charge is 2.20. The van der Waals surface area contributed by atoms with Crippen LogP contribution in [0.4, 0.5) is 17.6 Å². The number of nitrogens with one attached hydrogen (secondary N) is 1. The third-order valence-corrected chi connectivity index (χ3v) is 7.66. The first-order valence-corrected chi connectivity index (χ1v) is 13.6. The van der Waals surface area contributed by atoms with Crippen LogP contribution >= 0.6 is 23.2 Å². The molecule has 2 aromatic heterocycles. The van der Waals surface area contributed by atoms with Gasteiger partial charge in [0.2, 0.25) is 5.95 Å². The van der Waals surface area contributed by atoms with E-state index < -0.39 is 0 Å². The summed E-state index contributed by atoms with van der Waals surface area (Å²) in [6.45, 7) is 4.72. The molecule has 0 amide bonds. The van der Waals surface area contributed by atoms with Crippen LogP contribution in [0, 0.1) is 0 Å². The zero-order chi connectivity index (χ0) is 25.2. The van der Waals surface area contributed by atoms with Crippen molar-refractivity contribution in [1.29, 1.82) is 0 Å². The third kappa shape index (κ3) is 5.24. The number of rotatable bonds is 7. The zero-order valence-electron chi connectivity index (χ0n) is 20.6. The van der Waals surface area contributed by atoms with Gasteiger partial charge in [-0.2, -0.15) is 15.1 Å². The van der Waals surface area contributed by atoms with Gasteiger partial charge in [0.1, 0.15) is 5.82 Å². The second kappa shape index (κ2) is 10.6. The average molecular weight is 534 g/mol. The van der Waals surface area contributed by atoms with Gasteiger partial charge in [0.05, 0.1) is 6.21 Å². The number of benzene rings is 2. The van der Waals surface area contributed by atoms with Gasteiger partial charge in [-0.05, 0) is 49.4 Å². The number of halogens is 2. The standard InChI is InChI=1S/C28H29Cl2N7/c29-22-10-9-20(24(30)15-22)18-37-19-21(23-7-1-2-8-25(23)37)17-31-34-26-16-27(35-11-3-4-12-35)33-28(32-26)36-13-5-6-14-36/h1-2,7-10,15-17,19H,3-6,11-14,18H2,(H,32,33,34)/b31-17-. The molecule has 190 valence electrons. The number of fused-ring (bicyclic) bond motifs is 1. The molecule has 4 aromatic rings. The monoisotopic (exact) mass is 533 g/mol. The van der Waals surface area contributed by atoms with Crippen LogP contribution in [0.3, 0.4) is 0 Å². The van der Waals surface area contributed by atoms with Crippen LogP contribution < -0.4 is 15.2 Å². The molecule has 0 saturated carbocycles. The molecule has 37 heavy (non-hydrogen) atoms. The van der Waals surface area contributed by atoms with Crippen LogP contribution in [0.25, 0.3) is 10.9 Å². The number of para-hydroxylation sites is 1. The molecule has 2 aromatic carbocycles. The molecular weight excluding hydrogens is 505 g/mol. The molecule has 0 spiro atoms. The third-order valence-electron chi connectivity index (χ3n) is 7.08. The Morgan fingerprint density at radius 3 is 2.43 bits per heavy atom. The Morgan fingerprint density at radius 2 is 1.65 bits per heavy atom. The number of nitrogens with zero attached hydrogens (tertiary/aromatic N) is 6. The van der Waals surface area contributed by atoms with Crippen LogP contribution in [0.15, 0.2) is 59.8 Å². The molecule has 2 aliphatic heterocycles. The van der Waals surface area contributed by atoms with Crippen molar-refractivity contribution in [2.75, 3.05) is 41.4 Å². The van der Waals surface area contributed by atoms with E-state index in [0.717, 1.165) is 60.0 Å². The summed E-state index contributed by atoms with van der Waals surface area (Å²) in [4.78, 5) is 14.3. The molecule has 2 saturated heterocycles. The number of hydrogen-bond donors (Lipinski definition) is 1. The Kier molecular flexibility index (Phi) is 6.89. The summed E-state index contributed by atoms with van der Waals surface area (Å²) >= 11 is 12.5. The lowest BCUT2D eigenvalue weighted by atomic mass is 10.2. The highest BCUT2D eigenvalue weighted by atomic mass is 35.5. The van der Waals surface area contributed by atoms with Crippen molar-refractivity contribution in [2.24, 2.45) is 5.10 Å². The molecule has 0 bridgehead atoms. The van der Waals surface area contributed by atoms with E-state index in [-0.39, 0.29) is 0 Å². The summed E-state index contributed by atoms with van der Waals surface area (Å²) in [6, 6.07) is 15.9. The predicted molar refractivity (Wildman–Crippen MR) is 154 cm³/mol. The fourth-order valence-electron chi connectivity index (χ4n) is 5.16. The first-order chi connectivity index (χ1) is 18.1. The minimum absolute atomic E-state index is 0.635. The Balaban J connectivity index is 1.27. The molecule has 1 N–H and O–H groups in total. The summed E-state index contributed by atoms with van der Waals surface area (Å²) in [6.07, 6.45) is 8.74. The molecule has 9 heteroatoms. The quantitative estimate of drug-likeness (QED) is 0.219. The van der Waals surface area contributed by atoms with E-state index >= 15 is 0 Å². The molecule has 0 aliphatic carbocycles. The van der Waals surface area contributed by atoms with E-state index in [1.165, 1.54) is 25.7 Å². The first kappa shape index (κ1) is 24.1. The molecule has 0 unspecified atom stereocenters. The van der Waals surface area contributed by atoms with Crippen molar-refractivity contribution in [3.63, 3.8) is 0 Å². The SMILES string of the molecule is Clc1ccc(Cn2cc(/C=N\Nc3cc(N4CCCC4)nc(N4CCCC4)n3)c3ccccc32)c(Cl)c1. The van der Waals surface area contributed by atoms with E-state index in [0.29, 0.717) is 22.4 Å². The van der Waals surface area contributed by atoms with Gasteiger partial charge >= 0.3 is 0 Å². The summed E-state index contributed by atoms with van der Waals surface area (Å²) in [5.74, 6) is 2.48. The second-order valence-corrected chi connectivity index (χ2v) is 10.5. The molecule has 6 rings (SSSR count). The van der Waals surface area contributed by atoms with Gasteiger partial charge in [-0.25, -0.2) is 0 Å². The lowest BCUT2D eigenvalue weighted by molar-refractivity contribution is 0.836. The highest BCUT2D eigenvalue weighted by Crippen LogP contribution is 2.27. The van der Waals surface area contributed by atoms with E-state index in [1.807, 2.05) is 36.5 Å². The maximum atomic E-state index is 6.46. The van der Waals surface area contributed by atoms with E-state index in [4.69, 9.17) is 33.2 Å². The number of hydrazone groups is 1. The number of aromatic nitrogens is 3. The molecule has 2 aliphatic rings. The van der Waals surface area contributed by atoms with E-state index in [9.17, 15) is 0 Å². The first-order valence-electron chi connectivity index (χ1n) is 12.8. The molecule has 4 heterocycles. The van der Waals surface area contributed by atoms with Gasteiger partial charge in [-0.3, -0.25) is 5.43 Å². The maximum absolute atomic E-state index is 6.46. The fraction of sp³-hybridized carbons (Fsp3) is 0.321. The molecule has 0 radical (unpaired) electrons. The van der Waals surface area contributed by atoms with E-state index in [2.05, 4.69) is 43.2 Å². The van der Waals surface area contributed by atoms with E-state index in [1.54, 1.807) is 6.07 Å². The van der Waals surface area contributed by atoms with Crippen molar-refractivity contribution in [2.45, 2.75) is 32.2 Å². The maximum Gasteiger partial charge on any atom is 0.229 e. The molecule has 2 fully saturated rings. The summed E-state index contributed by atoms with van der Waals surface area (Å²) in [7, 11) is 0. The second-order valence-electron chi connectivity index (χ2n) is 9.63. The Hall–Kier alpha value is -3.29. The van der Waals surface area contributed by atoms with Crippen molar-refractivity contribution >= 4 is 57.9 Å². The van der Waals surface area contributed by atoms with Crippen LogP contribution in [0.2, 0.25) is 10.0 Å². The summed E-state index contributed by atoms with van der Waals surface area (Å²) < 4.78 is 2.19. The van der Waals surface area contributed by atoms with Gasteiger partial charge in [0.25, 0.3) is 0 Å². The molecular formula is C28H29Cl2N7. The highest BCUT2D eigenvalue weighted by molar-refractivity contribution is 6.35. The average Bonchev–Trinajstić information content (AvgIpc) is 3.68. The number of anilines is 3. The number of hydrogen-bond acceptors (Lipinski definition) is 6. The largest absolute Gasteiger partial charge is 0.356 e. The zero-order valence-corrected chi connectivity index (χ0v) is 22.1. The lowest BCUT2D eigenvalue weighted by Crippen LogP contribution is -2.24. The van der Waals surface area contributed by atoms with Crippen LogP contribution in [0.5, 0.6) is 0 Å². The Bertz CT molecular complexity index is 1400. The molecule has 0 atom stereocenters. The summed E-state index contributed by atoms with van der Waals surface area (Å²) in [5, 5.41) is 7.00. The normalized spacial score (nSPS) is 15.9. The van der Waals surface area contributed by atoms with Gasteiger partial charge in [-0.1, -0.05) is 47.5 Å². The Labute approximate surface area is 226 Å². The van der Waals surface area contributed by atoms with Gasteiger partial charge in [0, 0.05) is 71.5 Å². The van der Waals surface area contributed by atoms with Crippen molar-refractivity contribution in [1.82, 2.24) is 14.5 Å². The predicted octanol–water partition coefficient (Wildman–Crippen LogP) is 6.43. The topological polar surface area (TPSA) is 61.6 Å². The van der Waals surface area contributed by atoms with Crippen LogP contribution in [-0.2, 0) is 6.54 Å². The smallest absolute Gasteiger partial charge is 0.229 e. The minimum Gasteiger partial charge on any atom is -0.356 e. The Morgan fingerprint density at radius 1 is 0.892 bits per heavy atom. The van der Waals surface area contributed by atoms with Gasteiger partial charge in [0.15, 0.2) is 5.82 Å². The fourth-order valence-corrected chi connectivity index (χ4v) is 5.62. The summed E-state index contributed by atoms with van der Waals surface area (Å²) in [5.41, 5.74) is 6.32. The van der Waals surface area contributed by atoms with Crippen molar-refractivity contribution < 1.29 is 0 Å². The molecule has 7 nitrogen and oxygen atoms in total. The lowest BCUT2D eigenvalue weighted by Gasteiger charge is -2.21. The van der Waals surface area contributed by atoms with Gasteiger partial charge in [-0.15, -0.1) is 0 Å². The van der Waals surface area contributed by atoms with Gasteiger partial charge < -0.3 is 14.4 Å². The van der Waals surface area contributed by atoms with Crippen molar-refractivity contribution in [3.8, 4) is 0 Å². The van der Waals surface area contributed by atoms with Crippen molar-refractivity contribution in [3.05, 3.63) is 75.9 Å². The van der Waals surface area contributed by atoms with Crippen LogP contribution in [0.1, 0.15) is 36.8 Å². The minimum atomic E-state index is 0.635. The van der Waals surface area contributed by atoms with Crippen LogP contribution in [-0.4, -0.2) is 46.9 Å².